The van der Waals surface area contributed by atoms with E-state index in [2.05, 4.69) is 24.1 Å². The summed E-state index contributed by atoms with van der Waals surface area (Å²) in [5.74, 6) is 0.633. The number of amides is 1. The van der Waals surface area contributed by atoms with E-state index < -0.39 is 0 Å². The molecule has 0 aromatic carbocycles. The Labute approximate surface area is 99.6 Å². The molecule has 0 heterocycles. The average molecular weight is 229 g/mol. The second-order valence-corrected chi connectivity index (χ2v) is 5.10. The van der Waals surface area contributed by atoms with Crippen molar-refractivity contribution in [3.63, 3.8) is 0 Å². The zero-order valence-electron chi connectivity index (χ0n) is 11.3. The van der Waals surface area contributed by atoms with Crippen molar-refractivity contribution in [2.24, 2.45) is 11.7 Å². The zero-order valence-corrected chi connectivity index (χ0v) is 11.3. The largest absolute Gasteiger partial charge is 0.355 e. The van der Waals surface area contributed by atoms with Gasteiger partial charge in [-0.15, -0.1) is 0 Å². The van der Waals surface area contributed by atoms with E-state index in [0.717, 1.165) is 6.42 Å². The van der Waals surface area contributed by atoms with Crippen LogP contribution >= 0.6 is 0 Å². The Balaban J connectivity index is 3.88. The van der Waals surface area contributed by atoms with Gasteiger partial charge >= 0.3 is 0 Å². The average Bonchev–Trinajstić information content (AvgIpc) is 2.13. The van der Waals surface area contributed by atoms with Crippen molar-refractivity contribution >= 4 is 5.91 Å². The monoisotopic (exact) mass is 229 g/mol. The van der Waals surface area contributed by atoms with Gasteiger partial charge < -0.3 is 16.0 Å². The van der Waals surface area contributed by atoms with Gasteiger partial charge in [0.05, 0.1) is 0 Å². The van der Waals surface area contributed by atoms with Crippen LogP contribution in [0.5, 0.6) is 0 Å². The molecular weight excluding hydrogens is 202 g/mol. The Morgan fingerprint density at radius 2 is 1.88 bits per heavy atom. The summed E-state index contributed by atoms with van der Waals surface area (Å²) in [6.45, 7) is 6.96. The lowest BCUT2D eigenvalue weighted by Crippen LogP contribution is -2.43. The van der Waals surface area contributed by atoms with Crippen LogP contribution in [-0.4, -0.2) is 43.5 Å². The minimum Gasteiger partial charge on any atom is -0.355 e. The van der Waals surface area contributed by atoms with E-state index >= 15 is 0 Å². The highest BCUT2D eigenvalue weighted by Gasteiger charge is 2.16. The normalized spacial score (nSPS) is 15.2. The van der Waals surface area contributed by atoms with E-state index in [1.807, 2.05) is 21.0 Å². The molecule has 2 unspecified atom stereocenters. The molecule has 0 saturated heterocycles. The second-order valence-electron chi connectivity index (χ2n) is 5.10. The summed E-state index contributed by atoms with van der Waals surface area (Å²) in [6.07, 6.45) is 1.27. The van der Waals surface area contributed by atoms with Gasteiger partial charge in [0, 0.05) is 25.0 Å². The number of nitrogens with zero attached hydrogens (tertiary/aromatic N) is 1. The predicted octanol–water partition coefficient (Wildman–Crippen LogP) is 0.816. The van der Waals surface area contributed by atoms with Crippen LogP contribution in [0, 0.1) is 5.92 Å². The number of carbonyl (C=O) groups is 1. The first-order chi connectivity index (χ1) is 7.34. The molecule has 2 atom stereocenters. The summed E-state index contributed by atoms with van der Waals surface area (Å²) in [4.78, 5) is 13.7. The fraction of sp³-hybridized carbons (Fsp3) is 0.917. The maximum absolute atomic E-state index is 11.5. The predicted molar refractivity (Wildman–Crippen MR) is 68.2 cm³/mol. The molecule has 0 aromatic rings. The molecule has 4 nitrogen and oxygen atoms in total. The van der Waals surface area contributed by atoms with E-state index in [1.165, 1.54) is 0 Å². The van der Waals surface area contributed by atoms with E-state index in [0.29, 0.717) is 24.9 Å². The van der Waals surface area contributed by atoms with Gasteiger partial charge in [-0.25, -0.2) is 0 Å². The van der Waals surface area contributed by atoms with Crippen molar-refractivity contribution in [2.75, 3.05) is 20.6 Å². The highest BCUT2D eigenvalue weighted by molar-refractivity contribution is 5.75. The molecule has 96 valence electrons. The molecule has 0 saturated carbocycles. The van der Waals surface area contributed by atoms with Gasteiger partial charge in [0.25, 0.3) is 0 Å². The Morgan fingerprint density at radius 1 is 1.31 bits per heavy atom. The highest BCUT2D eigenvalue weighted by atomic mass is 16.1. The molecule has 0 spiro atoms. The van der Waals surface area contributed by atoms with Crippen LogP contribution < -0.4 is 11.1 Å². The third-order valence-electron chi connectivity index (χ3n) is 2.77. The van der Waals surface area contributed by atoms with E-state index in [-0.39, 0.29) is 11.9 Å². The summed E-state index contributed by atoms with van der Waals surface area (Å²) in [6, 6.07) is 0.486. The Kier molecular flexibility index (Phi) is 7.34. The fourth-order valence-corrected chi connectivity index (χ4v) is 1.68. The smallest absolute Gasteiger partial charge is 0.220 e. The van der Waals surface area contributed by atoms with Crippen LogP contribution in [0.2, 0.25) is 0 Å². The first kappa shape index (κ1) is 15.4. The molecule has 0 aliphatic rings. The summed E-state index contributed by atoms with van der Waals surface area (Å²) in [5, 5.41) is 2.96. The van der Waals surface area contributed by atoms with Crippen LogP contribution in [0.25, 0.3) is 0 Å². The highest BCUT2D eigenvalue weighted by Crippen LogP contribution is 2.06. The minimum absolute atomic E-state index is 0.0977. The molecule has 3 N–H and O–H groups in total. The molecule has 0 fully saturated rings. The van der Waals surface area contributed by atoms with Crippen molar-refractivity contribution in [1.29, 1.82) is 0 Å². The topological polar surface area (TPSA) is 58.4 Å². The second kappa shape index (κ2) is 7.63. The van der Waals surface area contributed by atoms with Crippen LogP contribution in [0.1, 0.15) is 33.6 Å². The minimum atomic E-state index is 0.0977. The van der Waals surface area contributed by atoms with Crippen LogP contribution in [0.4, 0.5) is 0 Å². The number of carbonyl (C=O) groups excluding carboxylic acids is 1. The molecule has 0 radical (unpaired) electrons. The molecular formula is C12H27N3O. The van der Waals surface area contributed by atoms with Gasteiger partial charge in [-0.1, -0.05) is 13.8 Å². The quantitative estimate of drug-likeness (QED) is 0.679. The summed E-state index contributed by atoms with van der Waals surface area (Å²) >= 11 is 0. The van der Waals surface area contributed by atoms with Crippen molar-refractivity contribution < 1.29 is 4.79 Å². The third-order valence-corrected chi connectivity index (χ3v) is 2.77. The molecule has 0 aliphatic carbocycles. The number of hydrogen-bond donors (Lipinski definition) is 2. The van der Waals surface area contributed by atoms with Gasteiger partial charge in [0.15, 0.2) is 0 Å². The standard InChI is InChI=1S/C12H27N3O/c1-9(2)11(15(4)5)8-14-12(16)7-6-10(3)13/h9-11H,6-8,13H2,1-5H3,(H,14,16). The maximum atomic E-state index is 11.5. The SMILES string of the molecule is CC(N)CCC(=O)NCC(C(C)C)N(C)C. The number of nitrogens with two attached hydrogens (primary N) is 1. The Bertz CT molecular complexity index is 194. The van der Waals surface area contributed by atoms with E-state index in [4.69, 9.17) is 5.73 Å². The molecule has 16 heavy (non-hydrogen) atoms. The first-order valence-corrected chi connectivity index (χ1v) is 6.03. The van der Waals surface area contributed by atoms with Crippen molar-refractivity contribution in [3.05, 3.63) is 0 Å². The lowest BCUT2D eigenvalue weighted by molar-refractivity contribution is -0.121. The van der Waals surface area contributed by atoms with Gasteiger partial charge in [-0.05, 0) is 33.4 Å². The Morgan fingerprint density at radius 3 is 2.25 bits per heavy atom. The number of hydrogen-bond acceptors (Lipinski definition) is 3. The van der Waals surface area contributed by atoms with Crippen molar-refractivity contribution in [3.8, 4) is 0 Å². The molecule has 0 aliphatic heterocycles. The zero-order chi connectivity index (χ0) is 12.7. The lowest BCUT2D eigenvalue weighted by atomic mass is 10.0. The summed E-state index contributed by atoms with van der Waals surface area (Å²) in [5.41, 5.74) is 5.60. The fourth-order valence-electron chi connectivity index (χ4n) is 1.68. The third kappa shape index (κ3) is 6.80. The number of rotatable bonds is 7. The number of likely N-dealkylation sites (N-methyl/N-ethyl adjacent to an activating group) is 1. The first-order valence-electron chi connectivity index (χ1n) is 6.03. The molecule has 4 heteroatoms. The summed E-state index contributed by atoms with van der Waals surface area (Å²) in [7, 11) is 4.08. The maximum Gasteiger partial charge on any atom is 0.220 e. The van der Waals surface area contributed by atoms with Gasteiger partial charge in [0.2, 0.25) is 5.91 Å². The van der Waals surface area contributed by atoms with Gasteiger partial charge in [-0.2, -0.15) is 0 Å². The molecule has 0 rings (SSSR count). The van der Waals surface area contributed by atoms with E-state index in [9.17, 15) is 4.79 Å². The molecule has 0 bridgehead atoms. The van der Waals surface area contributed by atoms with Crippen LogP contribution in [0.3, 0.4) is 0 Å². The van der Waals surface area contributed by atoms with E-state index in [1.54, 1.807) is 0 Å². The molecule has 0 aromatic heterocycles. The van der Waals surface area contributed by atoms with Crippen LogP contribution in [0.15, 0.2) is 0 Å². The van der Waals surface area contributed by atoms with Crippen molar-refractivity contribution in [2.45, 2.75) is 45.7 Å². The molecule has 1 amide bonds. The Hall–Kier alpha value is -0.610. The van der Waals surface area contributed by atoms with Gasteiger partial charge in [-0.3, -0.25) is 4.79 Å². The summed E-state index contributed by atoms with van der Waals surface area (Å²) < 4.78 is 0. The number of nitrogens with one attached hydrogen (secondary N) is 1. The van der Waals surface area contributed by atoms with Crippen molar-refractivity contribution in [1.82, 2.24) is 10.2 Å². The lowest BCUT2D eigenvalue weighted by Gasteiger charge is -2.28. The van der Waals surface area contributed by atoms with Crippen LogP contribution in [-0.2, 0) is 4.79 Å². The van der Waals surface area contributed by atoms with Gasteiger partial charge in [0.1, 0.15) is 0 Å².